The Hall–Kier alpha value is -1.78. The van der Waals surface area contributed by atoms with E-state index < -0.39 is 0 Å². The second-order valence-electron chi connectivity index (χ2n) is 4.33. The first-order chi connectivity index (χ1) is 8.52. The molecule has 1 aromatic rings. The van der Waals surface area contributed by atoms with E-state index in [9.17, 15) is 10.1 Å². The molecule has 1 unspecified atom stereocenters. The largest absolute Gasteiger partial charge is 0.380 e. The molecule has 1 aromatic carbocycles. The zero-order chi connectivity index (χ0) is 13.7. The first kappa shape index (κ1) is 14.3. The molecular formula is C13H21N3O2. The van der Waals surface area contributed by atoms with E-state index >= 15 is 0 Å². The van der Waals surface area contributed by atoms with Crippen molar-refractivity contribution < 1.29 is 4.92 Å². The molecule has 0 aliphatic heterocycles. The summed E-state index contributed by atoms with van der Waals surface area (Å²) in [6.07, 6.45) is 0.944. The van der Waals surface area contributed by atoms with Gasteiger partial charge in [0.25, 0.3) is 0 Å². The Bertz CT molecular complexity index is 421. The maximum Gasteiger partial charge on any atom is 0.315 e. The predicted octanol–water partition coefficient (Wildman–Crippen LogP) is 3.26. The van der Waals surface area contributed by atoms with Gasteiger partial charge in [0.15, 0.2) is 0 Å². The molecule has 0 aliphatic carbocycles. The van der Waals surface area contributed by atoms with Gasteiger partial charge in [-0.25, -0.2) is 0 Å². The number of rotatable bonds is 6. The van der Waals surface area contributed by atoms with Gasteiger partial charge < -0.3 is 10.2 Å². The smallest absolute Gasteiger partial charge is 0.315 e. The van der Waals surface area contributed by atoms with Crippen molar-refractivity contribution in [3.05, 3.63) is 28.3 Å². The van der Waals surface area contributed by atoms with Crippen LogP contribution in [0.25, 0.3) is 0 Å². The van der Waals surface area contributed by atoms with Crippen molar-refractivity contribution in [2.24, 2.45) is 0 Å². The van der Waals surface area contributed by atoms with Crippen LogP contribution < -0.4 is 10.2 Å². The molecular weight excluding hydrogens is 230 g/mol. The summed E-state index contributed by atoms with van der Waals surface area (Å²) in [6, 6.07) is 5.65. The van der Waals surface area contributed by atoms with E-state index in [1.54, 1.807) is 12.1 Å². The van der Waals surface area contributed by atoms with Gasteiger partial charge in [-0.05, 0) is 32.4 Å². The molecule has 0 saturated carbocycles. The highest BCUT2D eigenvalue weighted by atomic mass is 16.6. The fourth-order valence-electron chi connectivity index (χ4n) is 1.85. The maximum atomic E-state index is 11.3. The first-order valence-electron chi connectivity index (χ1n) is 6.27. The number of nitro benzene ring substituents is 1. The van der Waals surface area contributed by atoms with Gasteiger partial charge in [0.1, 0.15) is 11.4 Å². The maximum absolute atomic E-state index is 11.3. The minimum Gasteiger partial charge on any atom is -0.380 e. The molecule has 100 valence electrons. The topological polar surface area (TPSA) is 58.4 Å². The van der Waals surface area contributed by atoms with Crippen molar-refractivity contribution in [2.75, 3.05) is 23.8 Å². The van der Waals surface area contributed by atoms with Crippen molar-refractivity contribution in [2.45, 2.75) is 33.2 Å². The first-order valence-corrected chi connectivity index (χ1v) is 6.27. The molecule has 0 aliphatic rings. The lowest BCUT2D eigenvalue weighted by atomic mass is 10.1. The van der Waals surface area contributed by atoms with Crippen molar-refractivity contribution >= 4 is 17.1 Å². The van der Waals surface area contributed by atoms with Crippen molar-refractivity contribution in [3.8, 4) is 0 Å². The van der Waals surface area contributed by atoms with Crippen LogP contribution in [0.15, 0.2) is 18.2 Å². The van der Waals surface area contributed by atoms with Crippen LogP contribution in [0.5, 0.6) is 0 Å². The number of para-hydroxylation sites is 1. The second-order valence-corrected chi connectivity index (χ2v) is 4.33. The van der Waals surface area contributed by atoms with E-state index in [0.29, 0.717) is 17.9 Å². The normalized spacial score (nSPS) is 12.0. The average Bonchev–Trinajstić information content (AvgIpc) is 2.36. The molecule has 0 radical (unpaired) electrons. The quantitative estimate of drug-likeness (QED) is 0.622. The van der Waals surface area contributed by atoms with E-state index in [4.69, 9.17) is 0 Å². The lowest BCUT2D eigenvalue weighted by Gasteiger charge is -2.26. The van der Waals surface area contributed by atoms with Gasteiger partial charge >= 0.3 is 5.69 Å². The number of nitrogens with one attached hydrogen (secondary N) is 1. The Morgan fingerprint density at radius 3 is 2.61 bits per heavy atom. The van der Waals surface area contributed by atoms with Crippen LogP contribution in [0.1, 0.15) is 27.2 Å². The summed E-state index contributed by atoms with van der Waals surface area (Å²) in [6.45, 7) is 6.72. The Kier molecular flexibility index (Phi) is 4.95. The Labute approximate surface area is 108 Å². The monoisotopic (exact) mass is 251 g/mol. The van der Waals surface area contributed by atoms with Crippen molar-refractivity contribution in [3.63, 3.8) is 0 Å². The minimum absolute atomic E-state index is 0.155. The highest BCUT2D eigenvalue weighted by Crippen LogP contribution is 2.35. The van der Waals surface area contributed by atoms with Crippen LogP contribution in [0, 0.1) is 10.1 Å². The Morgan fingerprint density at radius 1 is 1.44 bits per heavy atom. The lowest BCUT2D eigenvalue weighted by molar-refractivity contribution is -0.383. The standard InChI is InChI=1S/C13H21N3O2/c1-5-10(3)15(4)12-9-7-8-11(14-6-2)13(12)16(17)18/h7-10,14H,5-6H2,1-4H3. The van der Waals surface area contributed by atoms with Crippen LogP contribution in [-0.4, -0.2) is 24.6 Å². The number of hydrogen-bond donors (Lipinski definition) is 1. The summed E-state index contributed by atoms with van der Waals surface area (Å²) < 4.78 is 0. The molecule has 0 saturated heterocycles. The van der Waals surface area contributed by atoms with E-state index in [1.807, 2.05) is 24.9 Å². The molecule has 0 fully saturated rings. The number of hydrogen-bond acceptors (Lipinski definition) is 4. The van der Waals surface area contributed by atoms with Gasteiger partial charge in [0.05, 0.1) is 4.92 Å². The van der Waals surface area contributed by atoms with Crippen LogP contribution in [0.4, 0.5) is 17.1 Å². The summed E-state index contributed by atoms with van der Waals surface area (Å²) in [5, 5.41) is 14.3. The van der Waals surface area contributed by atoms with Crippen LogP contribution in [-0.2, 0) is 0 Å². The molecule has 1 rings (SSSR count). The van der Waals surface area contributed by atoms with E-state index in [-0.39, 0.29) is 16.7 Å². The van der Waals surface area contributed by atoms with Gasteiger partial charge in [-0.2, -0.15) is 0 Å². The summed E-state index contributed by atoms with van der Waals surface area (Å²) in [5.74, 6) is 0. The third kappa shape index (κ3) is 2.91. The average molecular weight is 251 g/mol. The van der Waals surface area contributed by atoms with Crippen molar-refractivity contribution in [1.82, 2.24) is 0 Å². The van der Waals surface area contributed by atoms with Crippen LogP contribution in [0.2, 0.25) is 0 Å². The minimum atomic E-state index is -0.313. The van der Waals surface area contributed by atoms with Crippen LogP contribution >= 0.6 is 0 Å². The molecule has 18 heavy (non-hydrogen) atoms. The van der Waals surface area contributed by atoms with Crippen molar-refractivity contribution in [1.29, 1.82) is 0 Å². The molecule has 0 amide bonds. The molecule has 0 spiro atoms. The fraction of sp³-hybridized carbons (Fsp3) is 0.538. The zero-order valence-electron chi connectivity index (χ0n) is 11.4. The number of benzene rings is 1. The molecule has 5 heteroatoms. The summed E-state index contributed by atoms with van der Waals surface area (Å²) in [5.41, 5.74) is 1.39. The van der Waals surface area contributed by atoms with Gasteiger partial charge in [-0.3, -0.25) is 10.1 Å². The van der Waals surface area contributed by atoms with Gasteiger partial charge in [0, 0.05) is 19.6 Å². The highest BCUT2D eigenvalue weighted by molar-refractivity contribution is 5.77. The van der Waals surface area contributed by atoms with E-state index in [0.717, 1.165) is 6.42 Å². The van der Waals surface area contributed by atoms with Gasteiger partial charge in [-0.15, -0.1) is 0 Å². The Morgan fingerprint density at radius 2 is 2.11 bits per heavy atom. The number of nitrogens with zero attached hydrogens (tertiary/aromatic N) is 2. The molecule has 0 bridgehead atoms. The molecule has 0 aromatic heterocycles. The number of nitro groups is 1. The molecule has 1 atom stereocenters. The number of anilines is 2. The van der Waals surface area contributed by atoms with E-state index in [2.05, 4.69) is 19.2 Å². The third-order valence-electron chi connectivity index (χ3n) is 3.20. The van der Waals surface area contributed by atoms with Gasteiger partial charge in [-0.1, -0.05) is 13.0 Å². The summed E-state index contributed by atoms with van der Waals surface area (Å²) in [4.78, 5) is 12.9. The van der Waals surface area contributed by atoms with E-state index in [1.165, 1.54) is 0 Å². The molecule has 5 nitrogen and oxygen atoms in total. The Balaban J connectivity index is 3.26. The summed E-state index contributed by atoms with van der Waals surface area (Å²) >= 11 is 0. The second kappa shape index (κ2) is 6.23. The SMILES string of the molecule is CCNc1cccc(N(C)C(C)CC)c1[N+](=O)[O-]. The molecule has 0 heterocycles. The third-order valence-corrected chi connectivity index (χ3v) is 3.20. The fourth-order valence-corrected chi connectivity index (χ4v) is 1.85. The zero-order valence-corrected chi connectivity index (χ0v) is 11.4. The summed E-state index contributed by atoms with van der Waals surface area (Å²) in [7, 11) is 1.90. The highest BCUT2D eigenvalue weighted by Gasteiger charge is 2.23. The van der Waals surface area contributed by atoms with Gasteiger partial charge in [0.2, 0.25) is 0 Å². The van der Waals surface area contributed by atoms with Crippen LogP contribution in [0.3, 0.4) is 0 Å². The lowest BCUT2D eigenvalue weighted by Crippen LogP contribution is -2.28. The predicted molar refractivity (Wildman–Crippen MR) is 75.4 cm³/mol. The molecule has 1 N–H and O–H groups in total.